The highest BCUT2D eigenvalue weighted by atomic mass is 35.5. The number of ether oxygens (including phenoxy) is 1. The van der Waals surface area contributed by atoms with Crippen LogP contribution in [0.4, 0.5) is 0 Å². The van der Waals surface area contributed by atoms with Gasteiger partial charge in [0.25, 0.3) is 0 Å². The predicted molar refractivity (Wildman–Crippen MR) is 75.5 cm³/mol. The van der Waals surface area contributed by atoms with E-state index in [1.165, 1.54) is 0 Å². The summed E-state index contributed by atoms with van der Waals surface area (Å²) < 4.78 is 5.62. The van der Waals surface area contributed by atoms with Gasteiger partial charge < -0.3 is 15.7 Å². The van der Waals surface area contributed by atoms with Crippen molar-refractivity contribution >= 4 is 17.4 Å². The summed E-state index contributed by atoms with van der Waals surface area (Å²) in [5.74, 6) is 0.620. The molecule has 2 aromatic rings. The second kappa shape index (κ2) is 5.75. The highest BCUT2D eigenvalue weighted by molar-refractivity contribution is 6.30. The molecule has 0 amide bonds. The van der Waals surface area contributed by atoms with Gasteiger partial charge in [0.2, 0.25) is 5.88 Å². The minimum atomic E-state index is -0.0792. The first kappa shape index (κ1) is 14.1. The zero-order chi connectivity index (χ0) is 14.7. The molecule has 0 aliphatic rings. The van der Waals surface area contributed by atoms with Crippen LogP contribution in [0.1, 0.15) is 16.8 Å². The fraction of sp³-hybridized carbons (Fsp3) is 0.154. The summed E-state index contributed by atoms with van der Waals surface area (Å²) in [6.07, 6.45) is 0. The predicted octanol–water partition coefficient (Wildman–Crippen LogP) is 2.63. The lowest BCUT2D eigenvalue weighted by Gasteiger charge is -2.12. The van der Waals surface area contributed by atoms with E-state index in [0.29, 0.717) is 22.0 Å². The van der Waals surface area contributed by atoms with Crippen molar-refractivity contribution in [1.29, 1.82) is 0 Å². The van der Waals surface area contributed by atoms with Gasteiger partial charge in [-0.15, -0.1) is 5.10 Å². The molecular weight excluding hydrogens is 280 g/mol. The number of oxime groups is 1. The van der Waals surface area contributed by atoms with E-state index in [-0.39, 0.29) is 11.7 Å². The number of nitrogens with zero attached hydrogens (tertiary/aromatic N) is 3. The molecule has 1 aromatic carbocycles. The molecule has 1 aromatic heterocycles. The number of halogens is 1. The van der Waals surface area contributed by atoms with Crippen LogP contribution in [0.3, 0.4) is 0 Å². The van der Waals surface area contributed by atoms with Crippen LogP contribution in [0.5, 0.6) is 11.6 Å². The van der Waals surface area contributed by atoms with Gasteiger partial charge in [-0.05, 0) is 43.7 Å². The lowest BCUT2D eigenvalue weighted by Crippen LogP contribution is -2.18. The second-order valence-electron chi connectivity index (χ2n) is 4.13. The molecule has 0 radical (unpaired) electrons. The SMILES string of the molecule is Cc1nnc(Oc2ccc(Cl)cc2)c(/C(N)=N/O)c1C. The average molecular weight is 293 g/mol. The van der Waals surface area contributed by atoms with Crippen LogP contribution in [0.25, 0.3) is 0 Å². The molecule has 0 aliphatic heterocycles. The van der Waals surface area contributed by atoms with Gasteiger partial charge in [0.05, 0.1) is 11.3 Å². The highest BCUT2D eigenvalue weighted by Gasteiger charge is 2.17. The quantitative estimate of drug-likeness (QED) is 0.392. The smallest absolute Gasteiger partial charge is 0.250 e. The van der Waals surface area contributed by atoms with E-state index >= 15 is 0 Å². The maximum Gasteiger partial charge on any atom is 0.250 e. The van der Waals surface area contributed by atoms with Crippen molar-refractivity contribution in [3.8, 4) is 11.6 Å². The van der Waals surface area contributed by atoms with E-state index in [9.17, 15) is 0 Å². The molecule has 7 heteroatoms. The van der Waals surface area contributed by atoms with E-state index < -0.39 is 0 Å². The third-order valence-electron chi connectivity index (χ3n) is 2.81. The Morgan fingerprint density at radius 2 is 1.90 bits per heavy atom. The first-order valence-corrected chi connectivity index (χ1v) is 6.16. The summed E-state index contributed by atoms with van der Waals surface area (Å²) in [6.45, 7) is 3.58. The number of benzene rings is 1. The number of aromatic nitrogens is 2. The number of hydrogen-bond acceptors (Lipinski definition) is 5. The van der Waals surface area contributed by atoms with Crippen molar-refractivity contribution in [2.45, 2.75) is 13.8 Å². The fourth-order valence-corrected chi connectivity index (χ4v) is 1.75. The molecule has 0 fully saturated rings. The molecule has 104 valence electrons. The summed E-state index contributed by atoms with van der Waals surface area (Å²) in [7, 11) is 0. The van der Waals surface area contributed by atoms with Gasteiger partial charge in [-0.25, -0.2) is 0 Å². The number of aryl methyl sites for hydroxylation is 1. The third kappa shape index (κ3) is 2.80. The van der Waals surface area contributed by atoms with Gasteiger partial charge in [0, 0.05) is 5.02 Å². The minimum absolute atomic E-state index is 0.0792. The Morgan fingerprint density at radius 1 is 1.25 bits per heavy atom. The molecule has 0 aliphatic carbocycles. The van der Waals surface area contributed by atoms with Gasteiger partial charge in [-0.1, -0.05) is 16.8 Å². The topological polar surface area (TPSA) is 93.6 Å². The van der Waals surface area contributed by atoms with Gasteiger partial charge >= 0.3 is 0 Å². The van der Waals surface area contributed by atoms with Gasteiger partial charge in [0.15, 0.2) is 5.84 Å². The summed E-state index contributed by atoms with van der Waals surface area (Å²) in [5.41, 5.74) is 7.50. The molecule has 2 rings (SSSR count). The molecule has 0 bridgehead atoms. The standard InChI is InChI=1S/C13H13ClN4O2/c1-7-8(2)16-17-13(11(7)12(15)18-19)20-10-5-3-9(14)4-6-10/h3-6,19H,1-2H3,(H2,15,18). The lowest BCUT2D eigenvalue weighted by molar-refractivity contribution is 0.318. The van der Waals surface area contributed by atoms with E-state index in [1.807, 2.05) is 0 Å². The Labute approximate surface area is 120 Å². The average Bonchev–Trinajstić information content (AvgIpc) is 2.45. The molecule has 6 nitrogen and oxygen atoms in total. The Hall–Kier alpha value is -2.34. The number of hydrogen-bond donors (Lipinski definition) is 2. The van der Waals surface area contributed by atoms with Gasteiger partial charge in [0.1, 0.15) is 5.75 Å². The van der Waals surface area contributed by atoms with Crippen molar-refractivity contribution in [1.82, 2.24) is 10.2 Å². The number of rotatable bonds is 3. The summed E-state index contributed by atoms with van der Waals surface area (Å²) in [6, 6.07) is 6.76. The molecule has 3 N–H and O–H groups in total. The van der Waals surface area contributed by atoms with Crippen LogP contribution >= 0.6 is 11.6 Å². The Bertz CT molecular complexity index is 656. The van der Waals surface area contributed by atoms with Crippen LogP contribution in [-0.2, 0) is 0 Å². The van der Waals surface area contributed by atoms with Crippen LogP contribution < -0.4 is 10.5 Å². The first-order valence-electron chi connectivity index (χ1n) is 5.78. The van der Waals surface area contributed by atoms with E-state index in [1.54, 1.807) is 38.1 Å². The van der Waals surface area contributed by atoms with E-state index in [0.717, 1.165) is 5.56 Å². The van der Waals surface area contributed by atoms with Crippen molar-refractivity contribution in [3.05, 3.63) is 46.1 Å². The summed E-state index contributed by atoms with van der Waals surface area (Å²) >= 11 is 5.81. The molecule has 0 spiro atoms. The van der Waals surface area contributed by atoms with Crippen LogP contribution in [0, 0.1) is 13.8 Å². The minimum Gasteiger partial charge on any atom is -0.437 e. The normalized spacial score (nSPS) is 11.4. The molecule has 0 atom stereocenters. The molecule has 0 saturated carbocycles. The van der Waals surface area contributed by atoms with Crippen LogP contribution in [0.2, 0.25) is 5.02 Å². The van der Waals surface area contributed by atoms with Gasteiger partial charge in [-0.3, -0.25) is 0 Å². The Morgan fingerprint density at radius 3 is 2.50 bits per heavy atom. The maximum absolute atomic E-state index is 8.87. The van der Waals surface area contributed by atoms with Crippen molar-refractivity contribution in [2.24, 2.45) is 10.9 Å². The fourth-order valence-electron chi connectivity index (χ4n) is 1.62. The van der Waals surface area contributed by atoms with Crippen LogP contribution in [0.15, 0.2) is 29.4 Å². The largest absolute Gasteiger partial charge is 0.437 e. The lowest BCUT2D eigenvalue weighted by atomic mass is 10.1. The zero-order valence-electron chi connectivity index (χ0n) is 11.0. The molecular formula is C13H13ClN4O2. The molecule has 0 unspecified atom stereocenters. The summed E-state index contributed by atoms with van der Waals surface area (Å²) in [5, 5.41) is 20.4. The Kier molecular flexibility index (Phi) is 4.05. The monoisotopic (exact) mass is 292 g/mol. The highest BCUT2D eigenvalue weighted by Crippen LogP contribution is 2.26. The van der Waals surface area contributed by atoms with Crippen molar-refractivity contribution < 1.29 is 9.94 Å². The number of amidine groups is 1. The number of nitrogens with two attached hydrogens (primary N) is 1. The maximum atomic E-state index is 8.87. The third-order valence-corrected chi connectivity index (χ3v) is 3.07. The molecule has 0 saturated heterocycles. The zero-order valence-corrected chi connectivity index (χ0v) is 11.7. The second-order valence-corrected chi connectivity index (χ2v) is 4.57. The summed E-state index contributed by atoms with van der Waals surface area (Å²) in [4.78, 5) is 0. The van der Waals surface area contributed by atoms with E-state index in [4.69, 9.17) is 27.3 Å². The first-order chi connectivity index (χ1) is 9.52. The molecule has 1 heterocycles. The van der Waals surface area contributed by atoms with Gasteiger partial charge in [-0.2, -0.15) is 5.10 Å². The van der Waals surface area contributed by atoms with Crippen molar-refractivity contribution in [3.63, 3.8) is 0 Å². The van der Waals surface area contributed by atoms with E-state index in [2.05, 4.69) is 15.4 Å². The van der Waals surface area contributed by atoms with Crippen molar-refractivity contribution in [2.75, 3.05) is 0 Å². The Balaban J connectivity index is 2.46. The molecule has 20 heavy (non-hydrogen) atoms. The van der Waals surface area contributed by atoms with Crippen LogP contribution in [-0.4, -0.2) is 21.2 Å².